The third-order valence-corrected chi connectivity index (χ3v) is 2.72. The van der Waals surface area contributed by atoms with Gasteiger partial charge in [-0.2, -0.15) is 0 Å². The standard InChI is InChI=1S/C10H14ClN3/c1-14(7-8-2-3-8)10-6-12-9(4-11)5-13-10/h5-6,8H,2-4,7H2,1H3. The van der Waals surface area contributed by atoms with E-state index in [1.807, 2.05) is 0 Å². The second kappa shape index (κ2) is 4.13. The first kappa shape index (κ1) is 9.71. The van der Waals surface area contributed by atoms with Crippen molar-refractivity contribution in [2.24, 2.45) is 5.92 Å². The molecule has 1 heterocycles. The molecule has 0 bridgehead atoms. The van der Waals surface area contributed by atoms with Gasteiger partial charge < -0.3 is 4.90 Å². The minimum absolute atomic E-state index is 0.430. The Kier molecular flexibility index (Phi) is 2.87. The normalized spacial score (nSPS) is 15.6. The van der Waals surface area contributed by atoms with Gasteiger partial charge in [-0.3, -0.25) is 4.98 Å². The van der Waals surface area contributed by atoms with Gasteiger partial charge in [-0.1, -0.05) is 0 Å². The summed E-state index contributed by atoms with van der Waals surface area (Å²) in [6.45, 7) is 1.09. The van der Waals surface area contributed by atoms with Gasteiger partial charge in [0.25, 0.3) is 0 Å². The molecule has 0 aromatic carbocycles. The van der Waals surface area contributed by atoms with Crippen LogP contribution >= 0.6 is 11.6 Å². The quantitative estimate of drug-likeness (QED) is 0.714. The van der Waals surface area contributed by atoms with Gasteiger partial charge in [0.15, 0.2) is 0 Å². The van der Waals surface area contributed by atoms with Crippen LogP contribution in [-0.4, -0.2) is 23.6 Å². The Labute approximate surface area is 89.1 Å². The van der Waals surface area contributed by atoms with Crippen molar-refractivity contribution in [3.8, 4) is 0 Å². The van der Waals surface area contributed by atoms with Crippen LogP contribution in [0.15, 0.2) is 12.4 Å². The molecule has 76 valence electrons. The molecule has 1 fully saturated rings. The van der Waals surface area contributed by atoms with E-state index >= 15 is 0 Å². The van der Waals surface area contributed by atoms with Crippen LogP contribution in [0.3, 0.4) is 0 Å². The van der Waals surface area contributed by atoms with Crippen molar-refractivity contribution in [1.29, 1.82) is 0 Å². The van der Waals surface area contributed by atoms with E-state index in [1.54, 1.807) is 12.4 Å². The number of aromatic nitrogens is 2. The highest BCUT2D eigenvalue weighted by molar-refractivity contribution is 6.16. The van der Waals surface area contributed by atoms with Gasteiger partial charge in [0.05, 0.1) is 24.0 Å². The molecule has 0 aliphatic heterocycles. The lowest BCUT2D eigenvalue weighted by atomic mass is 10.4. The molecule has 1 aromatic heterocycles. The molecular weight excluding hydrogens is 198 g/mol. The van der Waals surface area contributed by atoms with Crippen molar-refractivity contribution in [3.05, 3.63) is 18.1 Å². The van der Waals surface area contributed by atoms with Crippen LogP contribution in [0.4, 0.5) is 5.82 Å². The predicted octanol–water partition coefficient (Wildman–Crippen LogP) is 2.06. The zero-order valence-electron chi connectivity index (χ0n) is 8.28. The lowest BCUT2D eigenvalue weighted by Gasteiger charge is -2.16. The summed E-state index contributed by atoms with van der Waals surface area (Å²) in [6.07, 6.45) is 6.25. The van der Waals surface area contributed by atoms with Crippen molar-refractivity contribution in [2.75, 3.05) is 18.5 Å². The molecule has 0 N–H and O–H groups in total. The van der Waals surface area contributed by atoms with Gasteiger partial charge in [-0.05, 0) is 18.8 Å². The number of rotatable bonds is 4. The minimum Gasteiger partial charge on any atom is -0.358 e. The molecule has 2 rings (SSSR count). The Morgan fingerprint density at radius 3 is 2.71 bits per heavy atom. The fourth-order valence-electron chi connectivity index (χ4n) is 1.40. The molecule has 1 aliphatic rings. The number of alkyl halides is 1. The van der Waals surface area contributed by atoms with Gasteiger partial charge in [-0.15, -0.1) is 11.6 Å². The zero-order valence-corrected chi connectivity index (χ0v) is 9.04. The maximum absolute atomic E-state index is 5.64. The number of halogens is 1. The molecule has 1 saturated carbocycles. The smallest absolute Gasteiger partial charge is 0.146 e. The van der Waals surface area contributed by atoms with E-state index in [-0.39, 0.29) is 0 Å². The molecule has 0 atom stereocenters. The molecule has 0 saturated heterocycles. The second-order valence-electron chi connectivity index (χ2n) is 3.82. The third kappa shape index (κ3) is 2.35. The predicted molar refractivity (Wildman–Crippen MR) is 57.6 cm³/mol. The molecule has 0 spiro atoms. The van der Waals surface area contributed by atoms with Gasteiger partial charge in [-0.25, -0.2) is 4.98 Å². The topological polar surface area (TPSA) is 29.0 Å². The number of hydrogen-bond acceptors (Lipinski definition) is 3. The molecule has 1 aromatic rings. The fraction of sp³-hybridized carbons (Fsp3) is 0.600. The summed E-state index contributed by atoms with van der Waals surface area (Å²) in [5, 5.41) is 0. The third-order valence-electron chi connectivity index (χ3n) is 2.45. The summed E-state index contributed by atoms with van der Waals surface area (Å²) in [5.74, 6) is 2.24. The highest BCUT2D eigenvalue weighted by Gasteiger charge is 2.23. The lowest BCUT2D eigenvalue weighted by Crippen LogP contribution is -2.21. The Morgan fingerprint density at radius 1 is 1.43 bits per heavy atom. The zero-order chi connectivity index (χ0) is 9.97. The van der Waals surface area contributed by atoms with Crippen LogP contribution in [-0.2, 0) is 5.88 Å². The Bertz CT molecular complexity index is 295. The van der Waals surface area contributed by atoms with Crippen LogP contribution in [0.2, 0.25) is 0 Å². The highest BCUT2D eigenvalue weighted by Crippen LogP contribution is 2.30. The molecule has 3 nitrogen and oxygen atoms in total. The summed E-state index contributed by atoms with van der Waals surface area (Å²) in [6, 6.07) is 0. The summed E-state index contributed by atoms with van der Waals surface area (Å²) in [4.78, 5) is 10.7. The van der Waals surface area contributed by atoms with Crippen LogP contribution in [0.5, 0.6) is 0 Å². The fourth-order valence-corrected chi connectivity index (χ4v) is 1.53. The summed E-state index contributed by atoms with van der Waals surface area (Å²) in [5.41, 5.74) is 0.829. The molecule has 14 heavy (non-hydrogen) atoms. The van der Waals surface area contributed by atoms with Crippen LogP contribution in [0.1, 0.15) is 18.5 Å². The first-order valence-corrected chi connectivity index (χ1v) is 5.41. The van der Waals surface area contributed by atoms with E-state index in [0.717, 1.165) is 24.0 Å². The van der Waals surface area contributed by atoms with E-state index in [9.17, 15) is 0 Å². The van der Waals surface area contributed by atoms with Gasteiger partial charge in [0, 0.05) is 13.6 Å². The Hall–Kier alpha value is -0.830. The first-order chi connectivity index (χ1) is 6.79. The lowest BCUT2D eigenvalue weighted by molar-refractivity contribution is 0.773. The van der Waals surface area contributed by atoms with E-state index in [2.05, 4.69) is 21.9 Å². The Morgan fingerprint density at radius 2 is 2.21 bits per heavy atom. The minimum atomic E-state index is 0.430. The Balaban J connectivity index is 1.99. The highest BCUT2D eigenvalue weighted by atomic mass is 35.5. The van der Waals surface area contributed by atoms with Crippen molar-refractivity contribution in [2.45, 2.75) is 18.7 Å². The van der Waals surface area contributed by atoms with Crippen molar-refractivity contribution in [3.63, 3.8) is 0 Å². The van der Waals surface area contributed by atoms with Gasteiger partial charge >= 0.3 is 0 Å². The van der Waals surface area contributed by atoms with Crippen LogP contribution in [0, 0.1) is 5.92 Å². The summed E-state index contributed by atoms with van der Waals surface area (Å²) in [7, 11) is 2.06. The summed E-state index contributed by atoms with van der Waals surface area (Å²) >= 11 is 5.64. The summed E-state index contributed by atoms with van der Waals surface area (Å²) < 4.78 is 0. The molecule has 0 amide bonds. The second-order valence-corrected chi connectivity index (χ2v) is 4.09. The largest absolute Gasteiger partial charge is 0.358 e. The number of anilines is 1. The average Bonchev–Trinajstić information content (AvgIpc) is 3.02. The van der Waals surface area contributed by atoms with E-state index in [4.69, 9.17) is 11.6 Å². The van der Waals surface area contributed by atoms with E-state index in [0.29, 0.717) is 5.88 Å². The van der Waals surface area contributed by atoms with Crippen LogP contribution < -0.4 is 4.90 Å². The molecule has 0 radical (unpaired) electrons. The van der Waals surface area contributed by atoms with Gasteiger partial charge in [0.1, 0.15) is 5.82 Å². The van der Waals surface area contributed by atoms with Crippen molar-refractivity contribution < 1.29 is 0 Å². The maximum atomic E-state index is 5.64. The molecule has 4 heteroatoms. The first-order valence-electron chi connectivity index (χ1n) is 4.87. The number of hydrogen-bond donors (Lipinski definition) is 0. The number of nitrogens with zero attached hydrogens (tertiary/aromatic N) is 3. The van der Waals surface area contributed by atoms with Gasteiger partial charge in [0.2, 0.25) is 0 Å². The van der Waals surface area contributed by atoms with Crippen molar-refractivity contribution >= 4 is 17.4 Å². The van der Waals surface area contributed by atoms with E-state index in [1.165, 1.54) is 12.8 Å². The SMILES string of the molecule is CN(CC1CC1)c1cnc(CCl)cn1. The average molecular weight is 212 g/mol. The monoisotopic (exact) mass is 211 g/mol. The van der Waals surface area contributed by atoms with Crippen molar-refractivity contribution in [1.82, 2.24) is 9.97 Å². The van der Waals surface area contributed by atoms with Crippen LogP contribution in [0.25, 0.3) is 0 Å². The molecular formula is C10H14ClN3. The molecule has 0 unspecified atom stereocenters. The van der Waals surface area contributed by atoms with E-state index < -0.39 is 0 Å². The maximum Gasteiger partial charge on any atom is 0.146 e. The molecule has 1 aliphatic carbocycles.